The smallest absolute Gasteiger partial charge is 0.303 e. The summed E-state index contributed by atoms with van der Waals surface area (Å²) in [5, 5.41) is 43.2. The number of aliphatic hydroxyl groups excluding tert-OH is 2. The molecule has 0 radical (unpaired) electrons. The molecule has 0 spiro atoms. The molecule has 3 fully saturated rings. The topological polar surface area (TPSA) is 132 Å². The summed E-state index contributed by atoms with van der Waals surface area (Å²) >= 11 is 0. The SMILES string of the molecule is C[C@]12CCC(=O)C=C1CC[C@@H]1[C@@H]2[C@@H](O)C[C@@]2(C)[C@H]1CC[C@]2(O)C(=O)C(O)CCCCCCCCCCCCCCCC(=O)O. The van der Waals surface area contributed by atoms with Gasteiger partial charge in [0.2, 0.25) is 0 Å². The Kier molecular flexibility index (Phi) is 12.3. The monoisotopic (exact) mass is 616 g/mol. The predicted molar refractivity (Wildman–Crippen MR) is 171 cm³/mol. The lowest BCUT2D eigenvalue weighted by Gasteiger charge is -2.60. The highest BCUT2D eigenvalue weighted by atomic mass is 16.4. The van der Waals surface area contributed by atoms with Crippen LogP contribution in [0.5, 0.6) is 0 Å². The van der Waals surface area contributed by atoms with Crippen LogP contribution in [0.2, 0.25) is 0 Å². The minimum Gasteiger partial charge on any atom is -0.481 e. The summed E-state index contributed by atoms with van der Waals surface area (Å²) in [6, 6.07) is 0. The molecule has 4 aliphatic rings. The van der Waals surface area contributed by atoms with Gasteiger partial charge in [-0.25, -0.2) is 0 Å². The maximum atomic E-state index is 13.7. The van der Waals surface area contributed by atoms with E-state index >= 15 is 0 Å². The Morgan fingerprint density at radius 3 is 2.02 bits per heavy atom. The number of aliphatic carboxylic acids is 1. The van der Waals surface area contributed by atoms with E-state index in [1.807, 2.05) is 13.0 Å². The number of Topliss-reactive ketones (excluding diaryl/α,β-unsaturated/α-hetero) is 1. The fourth-order valence-corrected chi connectivity index (χ4v) is 10.1. The van der Waals surface area contributed by atoms with Crippen LogP contribution in [0.15, 0.2) is 11.6 Å². The number of ketones is 2. The van der Waals surface area contributed by atoms with E-state index in [0.717, 1.165) is 70.6 Å². The minimum absolute atomic E-state index is 0.0397. The Labute approximate surface area is 265 Å². The Bertz CT molecular complexity index is 1040. The van der Waals surface area contributed by atoms with Gasteiger partial charge in [-0.15, -0.1) is 0 Å². The lowest BCUT2D eigenvalue weighted by Crippen LogP contribution is -2.62. The van der Waals surface area contributed by atoms with Crippen molar-refractivity contribution in [3.05, 3.63) is 11.6 Å². The molecule has 0 saturated heterocycles. The van der Waals surface area contributed by atoms with Crippen molar-refractivity contribution in [2.75, 3.05) is 0 Å². The normalized spacial score (nSPS) is 35.4. The van der Waals surface area contributed by atoms with Crippen LogP contribution in [0.4, 0.5) is 0 Å². The van der Waals surface area contributed by atoms with E-state index in [2.05, 4.69) is 6.92 Å². The summed E-state index contributed by atoms with van der Waals surface area (Å²) in [5.41, 5.74) is -1.39. The largest absolute Gasteiger partial charge is 0.481 e. The standard InChI is InChI=1S/C37H60O7/c1-35-22-20-27(38)24-26(35)18-19-28-29-21-23-37(44,36(29,2)25-31(40)33(28)35)34(43)30(39)16-14-12-10-8-6-4-3-5-7-9-11-13-15-17-32(41)42/h24,28-31,33,39-40,44H,3-23,25H2,1-2H3,(H,41,42)/t28-,29-,30?,31-,33+,35-,36-,37-/m0/s1. The molecule has 3 saturated carbocycles. The Morgan fingerprint density at radius 1 is 0.864 bits per heavy atom. The van der Waals surface area contributed by atoms with Gasteiger partial charge in [0.05, 0.1) is 6.10 Å². The number of carbonyl (C=O) groups excluding carboxylic acids is 2. The van der Waals surface area contributed by atoms with Crippen molar-refractivity contribution < 1.29 is 34.8 Å². The zero-order chi connectivity index (χ0) is 32.0. The number of carbonyl (C=O) groups is 3. The maximum Gasteiger partial charge on any atom is 0.303 e. The quantitative estimate of drug-likeness (QED) is 0.121. The first kappa shape index (κ1) is 35.3. The first-order chi connectivity index (χ1) is 20.9. The first-order valence-corrected chi connectivity index (χ1v) is 18.0. The van der Waals surface area contributed by atoms with Crippen LogP contribution < -0.4 is 0 Å². The summed E-state index contributed by atoms with van der Waals surface area (Å²) in [6.45, 7) is 4.19. The summed E-state index contributed by atoms with van der Waals surface area (Å²) in [7, 11) is 0. The second kappa shape index (κ2) is 15.3. The third-order valence-electron chi connectivity index (χ3n) is 12.6. The van der Waals surface area contributed by atoms with Gasteiger partial charge in [0, 0.05) is 18.3 Å². The van der Waals surface area contributed by atoms with Gasteiger partial charge in [0.1, 0.15) is 11.7 Å². The van der Waals surface area contributed by atoms with Gasteiger partial charge in [-0.2, -0.15) is 0 Å². The first-order valence-electron chi connectivity index (χ1n) is 18.0. The van der Waals surface area contributed by atoms with Crippen molar-refractivity contribution in [2.45, 2.75) is 173 Å². The molecule has 0 aliphatic heterocycles. The molecular weight excluding hydrogens is 556 g/mol. The molecule has 0 amide bonds. The number of carboxylic acid groups (broad SMARTS) is 1. The summed E-state index contributed by atoms with van der Waals surface area (Å²) in [4.78, 5) is 36.3. The zero-order valence-electron chi connectivity index (χ0n) is 27.5. The van der Waals surface area contributed by atoms with E-state index in [-0.39, 0.29) is 35.4 Å². The van der Waals surface area contributed by atoms with E-state index in [9.17, 15) is 29.7 Å². The number of carboxylic acids is 1. The molecule has 250 valence electrons. The number of hydrogen-bond donors (Lipinski definition) is 4. The van der Waals surface area contributed by atoms with Crippen molar-refractivity contribution in [3.63, 3.8) is 0 Å². The maximum absolute atomic E-state index is 13.7. The van der Waals surface area contributed by atoms with E-state index < -0.39 is 35.0 Å². The lowest BCUT2D eigenvalue weighted by molar-refractivity contribution is -0.186. The van der Waals surface area contributed by atoms with Gasteiger partial charge in [-0.05, 0) is 80.6 Å². The number of rotatable bonds is 18. The molecule has 0 bridgehead atoms. The molecule has 4 rings (SSSR count). The van der Waals surface area contributed by atoms with Crippen LogP contribution in [0, 0.1) is 28.6 Å². The van der Waals surface area contributed by atoms with Crippen molar-refractivity contribution in [2.24, 2.45) is 28.6 Å². The van der Waals surface area contributed by atoms with Crippen LogP contribution in [-0.4, -0.2) is 55.8 Å². The lowest BCUT2D eigenvalue weighted by atomic mass is 9.45. The molecule has 0 heterocycles. The van der Waals surface area contributed by atoms with Crippen LogP contribution in [-0.2, 0) is 14.4 Å². The third-order valence-corrected chi connectivity index (χ3v) is 12.6. The molecule has 0 aromatic rings. The molecule has 4 N–H and O–H groups in total. The molecule has 4 aliphatic carbocycles. The van der Waals surface area contributed by atoms with Crippen LogP contribution in [0.25, 0.3) is 0 Å². The van der Waals surface area contributed by atoms with Gasteiger partial charge in [0.15, 0.2) is 11.6 Å². The van der Waals surface area contributed by atoms with Crippen LogP contribution in [0.1, 0.15) is 155 Å². The number of allylic oxidation sites excluding steroid dienone is 1. The van der Waals surface area contributed by atoms with Crippen LogP contribution in [0.3, 0.4) is 0 Å². The number of fused-ring (bicyclic) bond motifs is 5. The molecule has 0 aromatic carbocycles. The zero-order valence-corrected chi connectivity index (χ0v) is 27.5. The molecular formula is C37H60O7. The second-order valence-electron chi connectivity index (χ2n) is 15.4. The molecule has 7 heteroatoms. The van der Waals surface area contributed by atoms with E-state index in [1.165, 1.54) is 44.1 Å². The summed E-state index contributed by atoms with van der Waals surface area (Å²) in [5.74, 6) is -0.592. The predicted octanol–water partition coefficient (Wildman–Crippen LogP) is 7.09. The van der Waals surface area contributed by atoms with Crippen molar-refractivity contribution in [1.82, 2.24) is 0 Å². The van der Waals surface area contributed by atoms with Crippen LogP contribution >= 0.6 is 0 Å². The van der Waals surface area contributed by atoms with E-state index in [4.69, 9.17) is 5.11 Å². The molecule has 44 heavy (non-hydrogen) atoms. The fourth-order valence-electron chi connectivity index (χ4n) is 10.1. The fraction of sp³-hybridized carbons (Fsp3) is 0.865. The van der Waals surface area contributed by atoms with Gasteiger partial charge in [-0.3, -0.25) is 14.4 Å². The van der Waals surface area contributed by atoms with Crippen molar-refractivity contribution in [3.8, 4) is 0 Å². The number of aliphatic hydroxyl groups is 3. The average molecular weight is 617 g/mol. The summed E-state index contributed by atoms with van der Waals surface area (Å²) < 4.78 is 0. The number of hydrogen-bond acceptors (Lipinski definition) is 6. The highest BCUT2D eigenvalue weighted by Gasteiger charge is 2.68. The molecule has 0 aromatic heterocycles. The van der Waals surface area contributed by atoms with Crippen molar-refractivity contribution >= 4 is 17.5 Å². The van der Waals surface area contributed by atoms with E-state index in [0.29, 0.717) is 25.7 Å². The van der Waals surface area contributed by atoms with Gasteiger partial charge >= 0.3 is 5.97 Å². The highest BCUT2D eigenvalue weighted by molar-refractivity contribution is 5.92. The molecule has 1 unspecified atom stereocenters. The molecule has 7 nitrogen and oxygen atoms in total. The highest BCUT2D eigenvalue weighted by Crippen LogP contribution is 2.67. The van der Waals surface area contributed by atoms with Gasteiger partial charge in [-0.1, -0.05) is 96.5 Å². The van der Waals surface area contributed by atoms with E-state index in [1.54, 1.807) is 0 Å². The summed E-state index contributed by atoms with van der Waals surface area (Å²) in [6.07, 6.45) is 19.4. The Balaban J connectivity index is 1.16. The average Bonchev–Trinajstić information content (AvgIpc) is 3.25. The number of unbranched alkanes of at least 4 members (excludes halogenated alkanes) is 12. The third kappa shape index (κ3) is 7.52. The Hall–Kier alpha value is -1.57. The second-order valence-corrected chi connectivity index (χ2v) is 15.4. The van der Waals surface area contributed by atoms with Gasteiger partial charge in [0.25, 0.3) is 0 Å². The molecule has 8 atom stereocenters. The Morgan fingerprint density at radius 2 is 1.43 bits per heavy atom. The minimum atomic E-state index is -1.61. The van der Waals surface area contributed by atoms with Crippen molar-refractivity contribution in [1.29, 1.82) is 0 Å². The van der Waals surface area contributed by atoms with Gasteiger partial charge < -0.3 is 20.4 Å².